The highest BCUT2D eigenvalue weighted by Gasteiger charge is 2.35. The third-order valence-corrected chi connectivity index (χ3v) is 10.6. The molecule has 1 aliphatic rings. The molecule has 3 nitrogen and oxygen atoms in total. The molecule has 218 valence electrons. The van der Waals surface area contributed by atoms with Crippen molar-refractivity contribution in [3.8, 4) is 56.4 Å². The standard InChI is InChI=1S/C42H29N3S/c1-42(2)35-19-10-9-16-31(35)32-22-20-29(25-36(32)42)41-44-39(27-14-7-4-8-15-27)43-40(45-41)28-21-23-37-34(24-28)33-18-11-17-30(38(33)46-37)26-12-5-3-6-13-26/h3-25H,1-2H3. The Morgan fingerprint density at radius 3 is 1.78 bits per heavy atom. The van der Waals surface area contributed by atoms with Gasteiger partial charge in [0.1, 0.15) is 0 Å². The molecule has 0 spiro atoms. The predicted octanol–water partition coefficient (Wildman–Crippen LogP) is 11.2. The molecule has 0 fully saturated rings. The lowest BCUT2D eigenvalue weighted by Crippen LogP contribution is -2.15. The van der Waals surface area contributed by atoms with E-state index in [2.05, 4.69) is 135 Å². The molecule has 9 rings (SSSR count). The fourth-order valence-electron chi connectivity index (χ4n) is 6.98. The minimum atomic E-state index is -0.107. The van der Waals surface area contributed by atoms with Crippen LogP contribution in [0.15, 0.2) is 140 Å². The summed E-state index contributed by atoms with van der Waals surface area (Å²) in [5.41, 5.74) is 10.6. The van der Waals surface area contributed by atoms with Crippen LogP contribution in [-0.4, -0.2) is 15.0 Å². The maximum absolute atomic E-state index is 5.14. The van der Waals surface area contributed by atoms with Crippen LogP contribution in [0, 0.1) is 0 Å². The monoisotopic (exact) mass is 607 g/mol. The number of hydrogen-bond acceptors (Lipinski definition) is 4. The Morgan fingerprint density at radius 2 is 1.02 bits per heavy atom. The Bertz CT molecular complexity index is 2440. The summed E-state index contributed by atoms with van der Waals surface area (Å²) in [5.74, 6) is 2.03. The number of aromatic nitrogens is 3. The van der Waals surface area contributed by atoms with Crippen LogP contribution < -0.4 is 0 Å². The van der Waals surface area contributed by atoms with Gasteiger partial charge in [0.15, 0.2) is 17.5 Å². The van der Waals surface area contributed by atoms with Crippen molar-refractivity contribution in [3.63, 3.8) is 0 Å². The molecule has 0 aliphatic heterocycles. The fraction of sp³-hybridized carbons (Fsp3) is 0.0714. The molecule has 4 heteroatoms. The molecule has 0 N–H and O–H groups in total. The van der Waals surface area contributed by atoms with E-state index in [1.165, 1.54) is 53.6 Å². The lowest BCUT2D eigenvalue weighted by Gasteiger charge is -2.21. The van der Waals surface area contributed by atoms with Gasteiger partial charge < -0.3 is 0 Å². The Labute approximate surface area is 271 Å². The highest BCUT2D eigenvalue weighted by Crippen LogP contribution is 2.49. The number of rotatable bonds is 4. The number of fused-ring (bicyclic) bond motifs is 6. The van der Waals surface area contributed by atoms with Crippen LogP contribution in [0.25, 0.3) is 76.6 Å². The van der Waals surface area contributed by atoms with Gasteiger partial charge in [-0.05, 0) is 57.6 Å². The number of benzene rings is 6. The van der Waals surface area contributed by atoms with Gasteiger partial charge in [-0.1, -0.05) is 129 Å². The SMILES string of the molecule is CC1(C)c2ccccc2-c2ccc(-c3nc(-c4ccccc4)nc(-c4ccc5sc6c(-c7ccccc7)cccc6c5c4)n3)cc21. The Balaban J connectivity index is 1.21. The van der Waals surface area contributed by atoms with Gasteiger partial charge in [0, 0.05) is 42.3 Å². The van der Waals surface area contributed by atoms with E-state index in [-0.39, 0.29) is 5.41 Å². The molecule has 0 atom stereocenters. The van der Waals surface area contributed by atoms with Gasteiger partial charge in [-0.2, -0.15) is 0 Å². The largest absolute Gasteiger partial charge is 0.208 e. The molecule has 6 aromatic carbocycles. The molecule has 0 saturated heterocycles. The summed E-state index contributed by atoms with van der Waals surface area (Å²) >= 11 is 1.84. The Hall–Kier alpha value is -5.45. The minimum absolute atomic E-state index is 0.107. The quantitative estimate of drug-likeness (QED) is 0.200. The maximum Gasteiger partial charge on any atom is 0.164 e. The topological polar surface area (TPSA) is 38.7 Å². The summed E-state index contributed by atoms with van der Waals surface area (Å²) in [7, 11) is 0. The summed E-state index contributed by atoms with van der Waals surface area (Å²) < 4.78 is 2.55. The minimum Gasteiger partial charge on any atom is -0.208 e. The second-order valence-corrected chi connectivity index (χ2v) is 13.5. The van der Waals surface area contributed by atoms with Gasteiger partial charge in [0.2, 0.25) is 0 Å². The molecule has 2 heterocycles. The zero-order valence-electron chi connectivity index (χ0n) is 25.5. The first-order chi connectivity index (χ1) is 22.5. The molecule has 0 unspecified atom stereocenters. The first-order valence-electron chi connectivity index (χ1n) is 15.6. The van der Waals surface area contributed by atoms with Crippen molar-refractivity contribution in [2.45, 2.75) is 19.3 Å². The van der Waals surface area contributed by atoms with Crippen LogP contribution in [0.4, 0.5) is 0 Å². The number of hydrogen-bond donors (Lipinski definition) is 0. The highest BCUT2D eigenvalue weighted by atomic mass is 32.1. The van der Waals surface area contributed by atoms with E-state index in [4.69, 9.17) is 15.0 Å². The lowest BCUT2D eigenvalue weighted by molar-refractivity contribution is 0.660. The number of thiophene rings is 1. The van der Waals surface area contributed by atoms with E-state index in [0.29, 0.717) is 17.5 Å². The van der Waals surface area contributed by atoms with E-state index < -0.39 is 0 Å². The van der Waals surface area contributed by atoms with Crippen LogP contribution in [0.5, 0.6) is 0 Å². The molecule has 2 aromatic heterocycles. The highest BCUT2D eigenvalue weighted by molar-refractivity contribution is 7.26. The summed E-state index contributed by atoms with van der Waals surface area (Å²) in [4.78, 5) is 15.2. The molecule has 0 saturated carbocycles. The van der Waals surface area contributed by atoms with Crippen molar-refractivity contribution >= 4 is 31.5 Å². The third-order valence-electron chi connectivity index (χ3n) is 9.35. The van der Waals surface area contributed by atoms with Gasteiger partial charge in [0.25, 0.3) is 0 Å². The van der Waals surface area contributed by atoms with Crippen LogP contribution in [0.1, 0.15) is 25.0 Å². The van der Waals surface area contributed by atoms with E-state index in [0.717, 1.165) is 16.7 Å². The predicted molar refractivity (Wildman–Crippen MR) is 192 cm³/mol. The van der Waals surface area contributed by atoms with Gasteiger partial charge in [-0.25, -0.2) is 15.0 Å². The van der Waals surface area contributed by atoms with Crippen LogP contribution in [0.2, 0.25) is 0 Å². The van der Waals surface area contributed by atoms with Crippen LogP contribution >= 0.6 is 11.3 Å². The molecule has 46 heavy (non-hydrogen) atoms. The van der Waals surface area contributed by atoms with Gasteiger partial charge in [-0.3, -0.25) is 0 Å². The second-order valence-electron chi connectivity index (χ2n) is 12.5. The first kappa shape index (κ1) is 26.9. The maximum atomic E-state index is 5.14. The van der Waals surface area contributed by atoms with E-state index in [9.17, 15) is 0 Å². The van der Waals surface area contributed by atoms with Gasteiger partial charge in [0.05, 0.1) is 0 Å². The Kier molecular flexibility index (Phi) is 6.02. The van der Waals surface area contributed by atoms with Crippen LogP contribution in [0.3, 0.4) is 0 Å². The molecule has 1 aliphatic carbocycles. The lowest BCUT2D eigenvalue weighted by atomic mass is 9.82. The van der Waals surface area contributed by atoms with Crippen molar-refractivity contribution in [3.05, 3.63) is 151 Å². The van der Waals surface area contributed by atoms with Crippen molar-refractivity contribution in [1.82, 2.24) is 15.0 Å². The molecular formula is C42H29N3S. The average molecular weight is 608 g/mol. The summed E-state index contributed by atoms with van der Waals surface area (Å²) in [6.45, 7) is 4.61. The van der Waals surface area contributed by atoms with Crippen molar-refractivity contribution in [1.29, 1.82) is 0 Å². The van der Waals surface area contributed by atoms with E-state index in [1.54, 1.807) is 0 Å². The second kappa shape index (κ2) is 10.3. The molecule has 0 bridgehead atoms. The summed E-state index contributed by atoms with van der Waals surface area (Å²) in [6, 6.07) is 49.4. The zero-order chi connectivity index (χ0) is 30.8. The number of nitrogens with zero attached hydrogens (tertiary/aromatic N) is 3. The van der Waals surface area contributed by atoms with E-state index in [1.807, 2.05) is 29.5 Å². The molecular weight excluding hydrogens is 579 g/mol. The average Bonchev–Trinajstić information content (AvgIpc) is 3.60. The van der Waals surface area contributed by atoms with Crippen molar-refractivity contribution in [2.24, 2.45) is 0 Å². The van der Waals surface area contributed by atoms with Gasteiger partial charge in [-0.15, -0.1) is 11.3 Å². The molecule has 8 aromatic rings. The molecule has 0 amide bonds. The normalized spacial score (nSPS) is 13.2. The zero-order valence-corrected chi connectivity index (χ0v) is 26.3. The van der Waals surface area contributed by atoms with Crippen molar-refractivity contribution < 1.29 is 0 Å². The summed E-state index contributed by atoms with van der Waals surface area (Å²) in [6.07, 6.45) is 0. The van der Waals surface area contributed by atoms with Gasteiger partial charge >= 0.3 is 0 Å². The summed E-state index contributed by atoms with van der Waals surface area (Å²) in [5, 5.41) is 2.47. The smallest absolute Gasteiger partial charge is 0.164 e. The molecule has 0 radical (unpaired) electrons. The van der Waals surface area contributed by atoms with E-state index >= 15 is 0 Å². The Morgan fingerprint density at radius 1 is 0.435 bits per heavy atom. The van der Waals surface area contributed by atoms with Crippen LogP contribution in [-0.2, 0) is 5.41 Å². The first-order valence-corrected chi connectivity index (χ1v) is 16.4. The fourth-order valence-corrected chi connectivity index (χ4v) is 8.20. The third kappa shape index (κ3) is 4.22. The van der Waals surface area contributed by atoms with Crippen molar-refractivity contribution in [2.75, 3.05) is 0 Å².